The van der Waals surface area contributed by atoms with Crippen molar-refractivity contribution >= 4 is 44.3 Å². The number of aromatic nitrogens is 1. The Kier molecular flexibility index (Phi) is 2.76. The number of nitrogen functional groups attached to an aromatic ring is 1. The highest BCUT2D eigenvalue weighted by Crippen LogP contribution is 2.31. The lowest BCUT2D eigenvalue weighted by molar-refractivity contribution is 0.620. The van der Waals surface area contributed by atoms with Crippen LogP contribution in [-0.4, -0.2) is 4.98 Å². The lowest BCUT2D eigenvalue weighted by Gasteiger charge is -1.98. The maximum Gasteiger partial charge on any atom is 0.227 e. The molecule has 1 aromatic heterocycles. The molecular weight excluding hydrogens is 316 g/mol. The van der Waals surface area contributed by atoms with E-state index in [2.05, 4.69) is 20.9 Å². The molecule has 3 rings (SSSR count). The van der Waals surface area contributed by atoms with Crippen LogP contribution in [0.25, 0.3) is 22.6 Å². The normalized spacial score (nSPS) is 11.0. The maximum atomic E-state index is 6.05. The van der Waals surface area contributed by atoms with Crippen molar-refractivity contribution in [2.75, 3.05) is 5.73 Å². The van der Waals surface area contributed by atoms with E-state index in [4.69, 9.17) is 21.8 Å². The van der Waals surface area contributed by atoms with Crippen molar-refractivity contribution in [3.8, 4) is 11.5 Å². The number of oxazole rings is 1. The van der Waals surface area contributed by atoms with Gasteiger partial charge in [-0.25, -0.2) is 4.98 Å². The highest BCUT2D eigenvalue weighted by atomic mass is 79.9. The molecule has 3 nitrogen and oxygen atoms in total. The smallest absolute Gasteiger partial charge is 0.227 e. The third-order valence-electron chi connectivity index (χ3n) is 2.62. The van der Waals surface area contributed by atoms with Crippen LogP contribution in [0.15, 0.2) is 45.3 Å². The number of fused-ring (bicyclic) bond motifs is 1. The summed E-state index contributed by atoms with van der Waals surface area (Å²) in [4.78, 5) is 4.39. The van der Waals surface area contributed by atoms with Gasteiger partial charge in [0, 0.05) is 10.0 Å². The zero-order valence-corrected chi connectivity index (χ0v) is 11.5. The minimum absolute atomic E-state index is 0.511. The lowest BCUT2D eigenvalue weighted by atomic mass is 10.2. The van der Waals surface area contributed by atoms with Gasteiger partial charge in [-0.3, -0.25) is 0 Å². The first-order chi connectivity index (χ1) is 8.65. The number of benzene rings is 2. The number of anilines is 1. The van der Waals surface area contributed by atoms with Gasteiger partial charge in [-0.2, -0.15) is 0 Å². The second kappa shape index (κ2) is 4.30. The van der Waals surface area contributed by atoms with Crippen LogP contribution in [-0.2, 0) is 0 Å². The Hall–Kier alpha value is -1.52. The molecule has 0 spiro atoms. The summed E-state index contributed by atoms with van der Waals surface area (Å²) < 4.78 is 6.50. The molecule has 0 aliphatic heterocycles. The first-order valence-corrected chi connectivity index (χ1v) is 6.43. The molecule has 0 saturated carbocycles. The molecule has 0 amide bonds. The van der Waals surface area contributed by atoms with Gasteiger partial charge in [0.25, 0.3) is 0 Å². The fourth-order valence-electron chi connectivity index (χ4n) is 1.72. The molecule has 2 aromatic carbocycles. The number of para-hydroxylation sites is 1. The molecule has 0 aliphatic carbocycles. The minimum atomic E-state index is 0.511. The molecule has 90 valence electrons. The summed E-state index contributed by atoms with van der Waals surface area (Å²) in [5.41, 5.74) is 8.61. The molecule has 0 atom stereocenters. The van der Waals surface area contributed by atoms with Crippen molar-refractivity contribution in [1.29, 1.82) is 0 Å². The zero-order chi connectivity index (χ0) is 12.7. The Labute approximate surface area is 117 Å². The highest BCUT2D eigenvalue weighted by molar-refractivity contribution is 9.10. The van der Waals surface area contributed by atoms with Gasteiger partial charge in [-0.05, 0) is 46.3 Å². The lowest BCUT2D eigenvalue weighted by Crippen LogP contribution is -1.85. The number of rotatable bonds is 1. The van der Waals surface area contributed by atoms with E-state index in [1.54, 1.807) is 12.1 Å². The van der Waals surface area contributed by atoms with Crippen LogP contribution >= 0.6 is 27.5 Å². The van der Waals surface area contributed by atoms with Gasteiger partial charge in [-0.1, -0.05) is 17.7 Å². The third-order valence-corrected chi connectivity index (χ3v) is 3.85. The Balaban J connectivity index is 2.19. The summed E-state index contributed by atoms with van der Waals surface area (Å²) in [5.74, 6) is 0.511. The van der Waals surface area contributed by atoms with E-state index in [9.17, 15) is 0 Å². The minimum Gasteiger partial charge on any atom is -0.436 e. The molecule has 0 unspecified atom stereocenters. The van der Waals surface area contributed by atoms with Crippen LogP contribution in [0.5, 0.6) is 0 Å². The fraction of sp³-hybridized carbons (Fsp3) is 0. The molecule has 0 fully saturated rings. The fourth-order valence-corrected chi connectivity index (χ4v) is 2.15. The largest absolute Gasteiger partial charge is 0.436 e. The van der Waals surface area contributed by atoms with Crippen LogP contribution in [0.4, 0.5) is 5.69 Å². The molecule has 18 heavy (non-hydrogen) atoms. The number of nitrogens with zero attached hydrogens (tertiary/aromatic N) is 1. The van der Waals surface area contributed by atoms with Gasteiger partial charge in [0.1, 0.15) is 5.52 Å². The Morgan fingerprint density at radius 3 is 2.78 bits per heavy atom. The van der Waals surface area contributed by atoms with Crippen LogP contribution in [0.3, 0.4) is 0 Å². The Bertz CT molecular complexity index is 739. The molecule has 5 heteroatoms. The molecule has 0 aliphatic rings. The number of halogens is 2. The van der Waals surface area contributed by atoms with E-state index in [0.29, 0.717) is 27.7 Å². The average molecular weight is 324 g/mol. The summed E-state index contributed by atoms with van der Waals surface area (Å²) in [6.07, 6.45) is 0. The molecular formula is C13H8BrClN2O. The number of nitrogens with two attached hydrogens (primary N) is 1. The van der Waals surface area contributed by atoms with Crippen molar-refractivity contribution in [2.24, 2.45) is 0 Å². The van der Waals surface area contributed by atoms with Crippen molar-refractivity contribution < 1.29 is 4.42 Å². The van der Waals surface area contributed by atoms with Crippen LogP contribution < -0.4 is 5.73 Å². The summed E-state index contributed by atoms with van der Waals surface area (Å²) in [7, 11) is 0. The number of hydrogen-bond donors (Lipinski definition) is 1. The van der Waals surface area contributed by atoms with Crippen molar-refractivity contribution in [1.82, 2.24) is 4.98 Å². The van der Waals surface area contributed by atoms with Gasteiger partial charge in [0.15, 0.2) is 5.58 Å². The van der Waals surface area contributed by atoms with Gasteiger partial charge >= 0.3 is 0 Å². The monoisotopic (exact) mass is 322 g/mol. The Morgan fingerprint density at radius 2 is 2.06 bits per heavy atom. The van der Waals surface area contributed by atoms with Crippen molar-refractivity contribution in [2.45, 2.75) is 0 Å². The zero-order valence-electron chi connectivity index (χ0n) is 9.15. The molecule has 0 radical (unpaired) electrons. The van der Waals surface area contributed by atoms with E-state index in [0.717, 1.165) is 10.0 Å². The van der Waals surface area contributed by atoms with Crippen LogP contribution in [0, 0.1) is 0 Å². The topological polar surface area (TPSA) is 52.0 Å². The molecule has 3 aromatic rings. The number of hydrogen-bond acceptors (Lipinski definition) is 3. The molecule has 0 saturated heterocycles. The van der Waals surface area contributed by atoms with E-state index in [1.165, 1.54) is 0 Å². The maximum absolute atomic E-state index is 6.05. The SMILES string of the molecule is Nc1cccc2oc(-c3ccc(Br)c(Cl)c3)nc12. The molecule has 0 bridgehead atoms. The first-order valence-electron chi connectivity index (χ1n) is 5.25. The average Bonchev–Trinajstić information content (AvgIpc) is 2.78. The summed E-state index contributed by atoms with van der Waals surface area (Å²) in [5, 5.41) is 0.614. The second-order valence-electron chi connectivity index (χ2n) is 3.84. The predicted octanol–water partition coefficient (Wildman–Crippen LogP) is 4.49. The van der Waals surface area contributed by atoms with Crippen LogP contribution in [0.1, 0.15) is 0 Å². The van der Waals surface area contributed by atoms with Gasteiger partial charge in [0.2, 0.25) is 5.89 Å². The van der Waals surface area contributed by atoms with Gasteiger partial charge < -0.3 is 10.2 Å². The van der Waals surface area contributed by atoms with Gasteiger partial charge in [0.05, 0.1) is 10.7 Å². The summed E-state index contributed by atoms with van der Waals surface area (Å²) >= 11 is 9.40. The first kappa shape index (κ1) is 11.6. The van der Waals surface area contributed by atoms with E-state index >= 15 is 0 Å². The second-order valence-corrected chi connectivity index (χ2v) is 5.10. The van der Waals surface area contributed by atoms with Gasteiger partial charge in [-0.15, -0.1) is 0 Å². The highest BCUT2D eigenvalue weighted by Gasteiger charge is 2.11. The van der Waals surface area contributed by atoms with E-state index in [1.807, 2.05) is 24.3 Å². The predicted molar refractivity (Wildman–Crippen MR) is 76.6 cm³/mol. The quantitative estimate of drug-likeness (QED) is 0.671. The van der Waals surface area contributed by atoms with Crippen LogP contribution in [0.2, 0.25) is 5.02 Å². The van der Waals surface area contributed by atoms with Crippen molar-refractivity contribution in [3.63, 3.8) is 0 Å². The molecule has 1 heterocycles. The Morgan fingerprint density at radius 1 is 1.22 bits per heavy atom. The van der Waals surface area contributed by atoms with Crippen molar-refractivity contribution in [3.05, 3.63) is 45.9 Å². The third kappa shape index (κ3) is 1.87. The molecule has 2 N–H and O–H groups in total. The standard InChI is InChI=1S/C13H8BrClN2O/c14-8-5-4-7(6-9(8)15)13-17-12-10(16)2-1-3-11(12)18-13/h1-6H,16H2. The van der Waals surface area contributed by atoms with E-state index in [-0.39, 0.29) is 0 Å². The van der Waals surface area contributed by atoms with E-state index < -0.39 is 0 Å². The summed E-state index contributed by atoms with van der Waals surface area (Å²) in [6, 6.07) is 11.0. The summed E-state index contributed by atoms with van der Waals surface area (Å²) in [6.45, 7) is 0.